The first-order valence-corrected chi connectivity index (χ1v) is 14.0. The smallest absolute Gasteiger partial charge is 0.332 e. The molecule has 3 aromatic carbocycles. The number of piperazine rings is 1. The summed E-state index contributed by atoms with van der Waals surface area (Å²) in [7, 11) is 0. The second-order valence-electron chi connectivity index (χ2n) is 10.4. The minimum atomic E-state index is -0.785. The molecule has 2 aliphatic rings. The predicted octanol–water partition coefficient (Wildman–Crippen LogP) is 3.65. The molecule has 0 radical (unpaired) electrons. The minimum Gasteiger partial charge on any atom is -0.333 e. The van der Waals surface area contributed by atoms with Gasteiger partial charge < -0.3 is 15.1 Å². The van der Waals surface area contributed by atoms with Crippen LogP contribution in [0.15, 0.2) is 85.1 Å². The van der Waals surface area contributed by atoms with Gasteiger partial charge in [0.1, 0.15) is 12.2 Å². The number of H-pyrrole nitrogens is 1. The highest BCUT2D eigenvalue weighted by atomic mass is 16.2. The molecule has 4 amide bonds. The fraction of sp³-hybridized carbons (Fsp3) is 0.290. The minimum absolute atomic E-state index is 0.0190. The van der Waals surface area contributed by atoms with Crippen LogP contribution in [-0.4, -0.2) is 73.7 Å². The number of urea groups is 1. The first-order chi connectivity index (χ1) is 20.0. The van der Waals surface area contributed by atoms with Gasteiger partial charge in [0.2, 0.25) is 5.91 Å². The Morgan fingerprint density at radius 3 is 2.54 bits per heavy atom. The molecule has 2 atom stereocenters. The lowest BCUT2D eigenvalue weighted by molar-refractivity contribution is -0.158. The van der Waals surface area contributed by atoms with Crippen LogP contribution < -0.4 is 5.32 Å². The van der Waals surface area contributed by atoms with Gasteiger partial charge in [0.25, 0.3) is 5.91 Å². The number of aromatic nitrogens is 2. The Kier molecular flexibility index (Phi) is 7.39. The summed E-state index contributed by atoms with van der Waals surface area (Å²) in [6.45, 7) is 3.47. The van der Waals surface area contributed by atoms with Crippen molar-refractivity contribution in [2.75, 3.05) is 19.6 Å². The average molecular weight is 552 g/mol. The van der Waals surface area contributed by atoms with E-state index in [1.807, 2.05) is 90.8 Å². The molecule has 10 heteroatoms. The van der Waals surface area contributed by atoms with Gasteiger partial charge in [0.15, 0.2) is 0 Å². The van der Waals surface area contributed by atoms with Crippen molar-refractivity contribution in [1.82, 2.24) is 35.3 Å². The molecule has 2 fully saturated rings. The zero-order valence-electron chi connectivity index (χ0n) is 22.9. The second kappa shape index (κ2) is 11.4. The summed E-state index contributed by atoms with van der Waals surface area (Å²) in [6, 6.07) is 24.0. The number of benzene rings is 3. The molecule has 210 valence electrons. The number of carbonyl (C=O) groups excluding carboxylic acids is 3. The van der Waals surface area contributed by atoms with E-state index in [9.17, 15) is 14.4 Å². The fourth-order valence-corrected chi connectivity index (χ4v) is 5.84. The molecule has 6 rings (SSSR count). The quantitative estimate of drug-likeness (QED) is 0.348. The van der Waals surface area contributed by atoms with Gasteiger partial charge in [-0.05, 0) is 29.2 Å². The number of rotatable bonds is 8. The lowest BCUT2D eigenvalue weighted by Gasteiger charge is -2.46. The number of carbonyl (C=O) groups is 3. The maximum atomic E-state index is 14.1. The van der Waals surface area contributed by atoms with Gasteiger partial charge in [0, 0.05) is 25.0 Å². The molecule has 2 saturated heterocycles. The van der Waals surface area contributed by atoms with Crippen LogP contribution >= 0.6 is 0 Å². The molecule has 2 N–H and O–H groups in total. The highest BCUT2D eigenvalue weighted by Crippen LogP contribution is 2.36. The molecule has 1 aromatic heterocycles. The summed E-state index contributed by atoms with van der Waals surface area (Å²) in [5.41, 5.74) is 3.60. The van der Waals surface area contributed by atoms with E-state index in [1.54, 1.807) is 21.0 Å². The van der Waals surface area contributed by atoms with Crippen molar-refractivity contribution in [1.29, 1.82) is 0 Å². The number of fused-ring (bicyclic) bond motifs is 2. The summed E-state index contributed by atoms with van der Waals surface area (Å²) in [5.74, 6) is -0.315. The van der Waals surface area contributed by atoms with Crippen molar-refractivity contribution in [3.8, 4) is 0 Å². The first kappa shape index (κ1) is 26.5. The van der Waals surface area contributed by atoms with E-state index in [2.05, 4.69) is 15.5 Å². The maximum absolute atomic E-state index is 14.1. The van der Waals surface area contributed by atoms with Gasteiger partial charge in [-0.15, -0.1) is 0 Å². The molecular formula is C31H33N7O3. The van der Waals surface area contributed by atoms with E-state index in [0.717, 1.165) is 27.6 Å². The standard InChI is InChI=1S/C31H33N7O3/c1-2-16-36(31(41)32-17-22-10-5-3-6-11-22)37-21-28(39)38-27(37)20-35(30(40)29(38)23-12-7-4-8-13-23)19-24-14-9-15-26-25(24)18-33-34-26/h3-15,18,27,29H,2,16-17,19-21H2,1H3,(H,32,41)(H,33,34)/t27-,29+/m1/s1. The zero-order valence-corrected chi connectivity index (χ0v) is 22.9. The fourth-order valence-electron chi connectivity index (χ4n) is 5.84. The van der Waals surface area contributed by atoms with Crippen molar-refractivity contribution in [3.63, 3.8) is 0 Å². The third-order valence-electron chi connectivity index (χ3n) is 7.78. The molecule has 0 spiro atoms. The summed E-state index contributed by atoms with van der Waals surface area (Å²) in [5, 5.41) is 14.6. The zero-order chi connectivity index (χ0) is 28.3. The SMILES string of the molecule is CCCN(C(=O)NCc1ccccc1)N1CC(=O)N2[C@@H](c3ccccc3)C(=O)N(Cc3cccc4[nH]ncc34)C[C@@H]21. The Labute approximate surface area is 238 Å². The number of aromatic amines is 1. The summed E-state index contributed by atoms with van der Waals surface area (Å²) in [4.78, 5) is 44.7. The van der Waals surface area contributed by atoms with Crippen molar-refractivity contribution < 1.29 is 14.4 Å². The van der Waals surface area contributed by atoms with Crippen LogP contribution in [0.25, 0.3) is 10.9 Å². The monoisotopic (exact) mass is 551 g/mol. The van der Waals surface area contributed by atoms with Gasteiger partial charge in [-0.3, -0.25) is 19.7 Å². The average Bonchev–Trinajstić information content (AvgIpc) is 3.61. The third-order valence-corrected chi connectivity index (χ3v) is 7.78. The van der Waals surface area contributed by atoms with Crippen LogP contribution in [0, 0.1) is 0 Å². The first-order valence-electron chi connectivity index (χ1n) is 14.0. The normalized spacial score (nSPS) is 19.0. The largest absolute Gasteiger partial charge is 0.333 e. The van der Waals surface area contributed by atoms with E-state index in [-0.39, 0.29) is 30.9 Å². The lowest BCUT2D eigenvalue weighted by atomic mass is 9.99. The van der Waals surface area contributed by atoms with Crippen molar-refractivity contribution in [3.05, 3.63) is 102 Å². The molecule has 0 saturated carbocycles. The Morgan fingerprint density at radius 1 is 1.02 bits per heavy atom. The predicted molar refractivity (Wildman–Crippen MR) is 154 cm³/mol. The number of nitrogens with zero attached hydrogens (tertiary/aromatic N) is 5. The van der Waals surface area contributed by atoms with E-state index >= 15 is 0 Å². The maximum Gasteiger partial charge on any atom is 0.332 e. The molecule has 0 aliphatic carbocycles. The van der Waals surface area contributed by atoms with Crippen LogP contribution in [0.3, 0.4) is 0 Å². The molecule has 10 nitrogen and oxygen atoms in total. The van der Waals surface area contributed by atoms with Crippen LogP contribution in [0.1, 0.15) is 36.1 Å². The molecular weight excluding hydrogens is 518 g/mol. The van der Waals surface area contributed by atoms with Gasteiger partial charge in [-0.25, -0.2) is 4.79 Å². The number of nitrogens with one attached hydrogen (secondary N) is 2. The lowest BCUT2D eigenvalue weighted by Crippen LogP contribution is -2.62. The van der Waals surface area contributed by atoms with E-state index in [4.69, 9.17) is 0 Å². The van der Waals surface area contributed by atoms with E-state index < -0.39 is 12.2 Å². The summed E-state index contributed by atoms with van der Waals surface area (Å²) >= 11 is 0. The van der Waals surface area contributed by atoms with E-state index in [1.165, 1.54) is 0 Å². The molecule has 0 bridgehead atoms. The van der Waals surface area contributed by atoms with E-state index in [0.29, 0.717) is 26.1 Å². The summed E-state index contributed by atoms with van der Waals surface area (Å²) < 4.78 is 0. The Balaban J connectivity index is 1.32. The Bertz CT molecular complexity index is 1540. The molecule has 3 heterocycles. The Morgan fingerprint density at radius 2 is 1.78 bits per heavy atom. The van der Waals surface area contributed by atoms with Crippen LogP contribution in [0.5, 0.6) is 0 Å². The van der Waals surface area contributed by atoms with Gasteiger partial charge in [0.05, 0.1) is 24.8 Å². The van der Waals surface area contributed by atoms with Crippen LogP contribution in [-0.2, 0) is 22.7 Å². The number of hydrazine groups is 1. The van der Waals surface area contributed by atoms with Crippen molar-refractivity contribution >= 4 is 28.7 Å². The van der Waals surface area contributed by atoms with Crippen LogP contribution in [0.4, 0.5) is 4.79 Å². The number of hydrogen-bond acceptors (Lipinski definition) is 5. The molecule has 41 heavy (non-hydrogen) atoms. The number of hydrogen-bond donors (Lipinski definition) is 2. The molecule has 2 aliphatic heterocycles. The Hall–Kier alpha value is -4.70. The highest BCUT2D eigenvalue weighted by molar-refractivity contribution is 5.92. The molecule has 4 aromatic rings. The third kappa shape index (κ3) is 5.14. The van der Waals surface area contributed by atoms with Crippen LogP contribution in [0.2, 0.25) is 0 Å². The van der Waals surface area contributed by atoms with Crippen molar-refractivity contribution in [2.45, 2.75) is 38.6 Å². The van der Waals surface area contributed by atoms with Gasteiger partial charge >= 0.3 is 6.03 Å². The second-order valence-corrected chi connectivity index (χ2v) is 10.4. The molecule has 0 unspecified atom stereocenters. The van der Waals surface area contributed by atoms with Crippen molar-refractivity contribution in [2.24, 2.45) is 0 Å². The topological polar surface area (TPSA) is 105 Å². The summed E-state index contributed by atoms with van der Waals surface area (Å²) in [6.07, 6.45) is 1.98. The number of amides is 4. The van der Waals surface area contributed by atoms with Gasteiger partial charge in [-0.1, -0.05) is 79.7 Å². The highest BCUT2D eigenvalue weighted by Gasteiger charge is 2.52. The van der Waals surface area contributed by atoms with Gasteiger partial charge in [-0.2, -0.15) is 10.1 Å².